The Morgan fingerprint density at radius 2 is 1.62 bits per heavy atom. The first-order valence-electron chi connectivity index (χ1n) is 12.3. The van der Waals surface area contributed by atoms with Crippen molar-refractivity contribution >= 4 is 23.4 Å². The minimum absolute atomic E-state index is 0.0421. The molecule has 2 aliphatic rings. The fourth-order valence-corrected chi connectivity index (χ4v) is 5.20. The molecule has 172 valence electrons. The zero-order valence-electron chi connectivity index (χ0n) is 19.7. The Morgan fingerprint density at radius 3 is 2.29 bits per heavy atom. The van der Waals surface area contributed by atoms with E-state index in [1.54, 1.807) is 5.01 Å². The second kappa shape index (κ2) is 10.1. The number of para-hydroxylation sites is 1. The van der Waals surface area contributed by atoms with Gasteiger partial charge in [-0.1, -0.05) is 78.9 Å². The number of nitrogens with zero attached hydrogens (tertiary/aromatic N) is 3. The molecule has 1 fully saturated rings. The second-order valence-corrected chi connectivity index (χ2v) is 9.01. The summed E-state index contributed by atoms with van der Waals surface area (Å²) in [5.74, 6) is 0.266. The highest BCUT2D eigenvalue weighted by Gasteiger charge is 2.43. The maximum absolute atomic E-state index is 13.7. The van der Waals surface area contributed by atoms with Crippen LogP contribution in [-0.4, -0.2) is 29.7 Å². The monoisotopic (exact) mass is 449 g/mol. The summed E-state index contributed by atoms with van der Waals surface area (Å²) in [5, 5.41) is 6.81. The predicted molar refractivity (Wildman–Crippen MR) is 140 cm³/mol. The first-order chi connectivity index (χ1) is 16.7. The van der Waals surface area contributed by atoms with E-state index in [2.05, 4.69) is 78.6 Å². The molecule has 5 rings (SSSR count). The number of amides is 1. The van der Waals surface area contributed by atoms with Crippen LogP contribution in [0.25, 0.3) is 6.08 Å². The molecule has 1 amide bonds. The van der Waals surface area contributed by atoms with E-state index in [1.807, 2.05) is 30.3 Å². The number of likely N-dealkylation sites (N-methyl/N-ethyl adjacent to an activating group) is 1. The highest BCUT2D eigenvalue weighted by atomic mass is 16.2. The van der Waals surface area contributed by atoms with Gasteiger partial charge in [0.1, 0.15) is 0 Å². The van der Waals surface area contributed by atoms with Gasteiger partial charge in [0.25, 0.3) is 5.91 Å². The summed E-state index contributed by atoms with van der Waals surface area (Å²) >= 11 is 0. The van der Waals surface area contributed by atoms with E-state index in [1.165, 1.54) is 11.1 Å². The van der Waals surface area contributed by atoms with E-state index in [0.717, 1.165) is 42.8 Å². The average Bonchev–Trinajstić information content (AvgIpc) is 3.30. The van der Waals surface area contributed by atoms with Crippen LogP contribution in [0.5, 0.6) is 0 Å². The molecule has 0 saturated heterocycles. The smallest absolute Gasteiger partial charge is 0.262 e. The summed E-state index contributed by atoms with van der Waals surface area (Å²) in [6.07, 6.45) is 5.41. The lowest BCUT2D eigenvalue weighted by Crippen LogP contribution is -2.39. The highest BCUT2D eigenvalue weighted by molar-refractivity contribution is 6.08. The number of carbonyl (C=O) groups excluding carboxylic acids is 1. The molecule has 0 bridgehead atoms. The predicted octanol–water partition coefficient (Wildman–Crippen LogP) is 6.34. The van der Waals surface area contributed by atoms with Crippen LogP contribution in [0.1, 0.15) is 43.4 Å². The second-order valence-electron chi connectivity index (χ2n) is 9.01. The molecule has 0 spiro atoms. The molecular formula is C30H31N3O. The lowest BCUT2D eigenvalue weighted by Gasteiger charge is -2.31. The van der Waals surface area contributed by atoms with Crippen molar-refractivity contribution < 1.29 is 4.79 Å². The highest BCUT2D eigenvalue weighted by Crippen LogP contribution is 2.44. The molecule has 4 nitrogen and oxygen atoms in total. The Balaban J connectivity index is 1.49. The summed E-state index contributed by atoms with van der Waals surface area (Å²) in [7, 11) is 0. The molecule has 1 heterocycles. The minimum atomic E-state index is -0.0577. The Morgan fingerprint density at radius 1 is 0.971 bits per heavy atom. The summed E-state index contributed by atoms with van der Waals surface area (Å²) in [6, 6.07) is 30.9. The summed E-state index contributed by atoms with van der Waals surface area (Å²) in [6.45, 7) is 3.16. The maximum atomic E-state index is 13.7. The van der Waals surface area contributed by atoms with Crippen molar-refractivity contribution in [2.45, 2.75) is 32.2 Å². The molecule has 2 unspecified atom stereocenters. The SMILES string of the molecule is CCN(CC(=O)N1N=C2/C(=C/c3ccccc3)CCCC2C1c1ccccc1)c1ccccc1. The fraction of sp³-hybridized carbons (Fsp3) is 0.267. The number of fused-ring (bicyclic) bond motifs is 1. The molecule has 34 heavy (non-hydrogen) atoms. The Labute approximate surface area is 202 Å². The molecule has 0 radical (unpaired) electrons. The van der Waals surface area contributed by atoms with E-state index >= 15 is 0 Å². The quantitative estimate of drug-likeness (QED) is 0.440. The summed E-state index contributed by atoms with van der Waals surface area (Å²) in [5.41, 5.74) is 5.74. The molecule has 4 heteroatoms. The number of hydrazone groups is 1. The molecule has 3 aromatic carbocycles. The van der Waals surface area contributed by atoms with E-state index in [0.29, 0.717) is 6.54 Å². The number of rotatable bonds is 6. The number of hydrogen-bond acceptors (Lipinski definition) is 3. The first kappa shape index (κ1) is 22.1. The number of carbonyl (C=O) groups is 1. The molecule has 0 aromatic heterocycles. The Bertz CT molecular complexity index is 1170. The van der Waals surface area contributed by atoms with Crippen LogP contribution in [0.4, 0.5) is 5.69 Å². The van der Waals surface area contributed by atoms with E-state index in [9.17, 15) is 4.79 Å². The van der Waals surface area contributed by atoms with Gasteiger partial charge in [-0.25, -0.2) is 5.01 Å². The minimum Gasteiger partial charge on any atom is -0.362 e. The summed E-state index contributed by atoms with van der Waals surface area (Å²) < 4.78 is 0. The number of anilines is 1. The van der Waals surface area contributed by atoms with Crippen LogP contribution >= 0.6 is 0 Å². The van der Waals surface area contributed by atoms with Crippen molar-refractivity contribution in [2.75, 3.05) is 18.0 Å². The maximum Gasteiger partial charge on any atom is 0.262 e. The molecule has 2 atom stereocenters. The molecule has 1 aliphatic heterocycles. The van der Waals surface area contributed by atoms with Gasteiger partial charge in [0, 0.05) is 18.2 Å². The van der Waals surface area contributed by atoms with Crippen LogP contribution in [0, 0.1) is 5.92 Å². The zero-order chi connectivity index (χ0) is 23.3. The van der Waals surface area contributed by atoms with E-state index in [4.69, 9.17) is 5.10 Å². The molecule has 1 saturated carbocycles. The van der Waals surface area contributed by atoms with Crippen LogP contribution in [0.3, 0.4) is 0 Å². The third-order valence-corrected chi connectivity index (χ3v) is 6.87. The number of benzene rings is 3. The van der Waals surface area contributed by atoms with Crippen molar-refractivity contribution in [1.29, 1.82) is 0 Å². The topological polar surface area (TPSA) is 35.9 Å². The van der Waals surface area contributed by atoms with Crippen LogP contribution in [-0.2, 0) is 4.79 Å². The van der Waals surface area contributed by atoms with Gasteiger partial charge in [0.05, 0.1) is 18.3 Å². The molecular weight excluding hydrogens is 418 g/mol. The number of hydrogen-bond donors (Lipinski definition) is 0. The number of allylic oxidation sites excluding steroid dienone is 1. The lowest BCUT2D eigenvalue weighted by atomic mass is 9.77. The van der Waals surface area contributed by atoms with Gasteiger partial charge in [0.2, 0.25) is 0 Å². The third kappa shape index (κ3) is 4.54. The van der Waals surface area contributed by atoms with E-state index < -0.39 is 0 Å². The summed E-state index contributed by atoms with van der Waals surface area (Å²) in [4.78, 5) is 15.9. The van der Waals surface area contributed by atoms with Gasteiger partial charge in [-0.15, -0.1) is 0 Å². The standard InChI is InChI=1S/C30H31N3O/c1-2-32(26-18-10-5-11-19-26)22-28(34)33-30(24-15-8-4-9-16-24)27-20-12-17-25(29(27)31-33)21-23-13-6-3-7-14-23/h3-11,13-16,18-19,21,27,30H,2,12,17,20,22H2,1H3/b25-21+. The van der Waals surface area contributed by atoms with Gasteiger partial charge in [-0.3, -0.25) is 4.79 Å². The van der Waals surface area contributed by atoms with E-state index in [-0.39, 0.29) is 17.9 Å². The van der Waals surface area contributed by atoms with Gasteiger partial charge < -0.3 is 4.90 Å². The van der Waals surface area contributed by atoms with Crippen LogP contribution in [0.2, 0.25) is 0 Å². The Hall–Kier alpha value is -3.66. The fourth-order valence-electron chi connectivity index (χ4n) is 5.20. The van der Waals surface area contributed by atoms with Crippen molar-refractivity contribution in [3.63, 3.8) is 0 Å². The average molecular weight is 450 g/mol. The van der Waals surface area contributed by atoms with Crippen molar-refractivity contribution in [3.05, 3.63) is 108 Å². The lowest BCUT2D eigenvalue weighted by molar-refractivity contribution is -0.132. The molecule has 1 aliphatic carbocycles. The molecule has 3 aromatic rings. The van der Waals surface area contributed by atoms with Crippen molar-refractivity contribution in [3.8, 4) is 0 Å². The molecule has 0 N–H and O–H groups in total. The van der Waals surface area contributed by atoms with Crippen LogP contribution < -0.4 is 4.90 Å². The first-order valence-corrected chi connectivity index (χ1v) is 12.3. The van der Waals surface area contributed by atoms with Gasteiger partial charge in [-0.05, 0) is 61.1 Å². The zero-order valence-corrected chi connectivity index (χ0v) is 19.7. The third-order valence-electron chi connectivity index (χ3n) is 6.87. The van der Waals surface area contributed by atoms with Gasteiger partial charge >= 0.3 is 0 Å². The van der Waals surface area contributed by atoms with Gasteiger partial charge in [-0.2, -0.15) is 5.10 Å². The van der Waals surface area contributed by atoms with Crippen molar-refractivity contribution in [1.82, 2.24) is 5.01 Å². The van der Waals surface area contributed by atoms with Gasteiger partial charge in [0.15, 0.2) is 0 Å². The van der Waals surface area contributed by atoms with Crippen molar-refractivity contribution in [2.24, 2.45) is 11.0 Å². The van der Waals surface area contributed by atoms with Crippen LogP contribution in [0.15, 0.2) is 102 Å². The largest absolute Gasteiger partial charge is 0.362 e. The Kier molecular flexibility index (Phi) is 6.57. The normalized spacial score (nSPS) is 20.7.